The van der Waals surface area contributed by atoms with E-state index >= 15 is 0 Å². The van der Waals surface area contributed by atoms with E-state index in [9.17, 15) is 0 Å². The van der Waals surface area contributed by atoms with Gasteiger partial charge >= 0.3 is 0 Å². The summed E-state index contributed by atoms with van der Waals surface area (Å²) >= 11 is 1.88. The first-order valence-corrected chi connectivity index (χ1v) is 5.02. The summed E-state index contributed by atoms with van der Waals surface area (Å²) in [5, 5.41) is 0. The molecule has 0 spiro atoms. The second kappa shape index (κ2) is 5.51. The minimum atomic E-state index is -0.0409. The molecule has 0 aliphatic rings. The zero-order valence-electron chi connectivity index (χ0n) is 7.39. The molecule has 64 valence electrons. The fraction of sp³-hybridized carbons (Fsp3) is 0.778. The SMILES string of the molecule is C#CCCCSCC(C)(C)N. The highest BCUT2D eigenvalue weighted by Gasteiger charge is 2.08. The third-order valence-electron chi connectivity index (χ3n) is 1.08. The number of rotatable bonds is 5. The fourth-order valence-electron chi connectivity index (χ4n) is 0.612. The van der Waals surface area contributed by atoms with E-state index in [0.29, 0.717) is 0 Å². The Balaban J connectivity index is 3.10. The Kier molecular flexibility index (Phi) is 5.45. The van der Waals surface area contributed by atoms with Crippen LogP contribution in [0.5, 0.6) is 0 Å². The van der Waals surface area contributed by atoms with Crippen LogP contribution in [0.2, 0.25) is 0 Å². The van der Waals surface area contributed by atoms with E-state index < -0.39 is 0 Å². The number of nitrogens with two attached hydrogens (primary N) is 1. The predicted molar refractivity (Wildman–Crippen MR) is 53.7 cm³/mol. The summed E-state index contributed by atoms with van der Waals surface area (Å²) in [6, 6.07) is 0. The molecule has 0 aromatic heterocycles. The molecule has 0 aromatic rings. The Morgan fingerprint density at radius 1 is 1.55 bits per heavy atom. The van der Waals surface area contributed by atoms with Gasteiger partial charge in [0.1, 0.15) is 0 Å². The molecule has 0 saturated heterocycles. The first-order chi connectivity index (χ1) is 5.06. The maximum Gasteiger partial charge on any atom is 0.0188 e. The van der Waals surface area contributed by atoms with Crippen molar-refractivity contribution < 1.29 is 0 Å². The largest absolute Gasteiger partial charge is 0.325 e. The molecular formula is C9H17NS. The van der Waals surface area contributed by atoms with Crippen molar-refractivity contribution >= 4 is 11.8 Å². The number of hydrogen-bond donors (Lipinski definition) is 1. The first kappa shape index (κ1) is 10.9. The smallest absolute Gasteiger partial charge is 0.0188 e. The Hall–Kier alpha value is -0.130. The second-order valence-corrected chi connectivity index (χ2v) is 4.45. The van der Waals surface area contributed by atoms with E-state index in [-0.39, 0.29) is 5.54 Å². The maximum atomic E-state index is 5.79. The van der Waals surface area contributed by atoms with Crippen LogP contribution in [-0.2, 0) is 0 Å². The highest BCUT2D eigenvalue weighted by Crippen LogP contribution is 2.11. The molecule has 2 N–H and O–H groups in total. The molecule has 0 atom stereocenters. The Bertz CT molecular complexity index is 129. The van der Waals surface area contributed by atoms with Gasteiger partial charge in [-0.25, -0.2) is 0 Å². The Labute approximate surface area is 74.1 Å². The van der Waals surface area contributed by atoms with Crippen molar-refractivity contribution in [3.63, 3.8) is 0 Å². The molecule has 0 unspecified atom stereocenters. The van der Waals surface area contributed by atoms with Gasteiger partial charge in [-0.2, -0.15) is 11.8 Å². The van der Waals surface area contributed by atoms with Gasteiger partial charge in [0.05, 0.1) is 0 Å². The summed E-state index contributed by atoms with van der Waals surface area (Å²) in [6.07, 6.45) is 7.11. The number of thioether (sulfide) groups is 1. The van der Waals surface area contributed by atoms with Crippen LogP contribution in [0.25, 0.3) is 0 Å². The molecule has 11 heavy (non-hydrogen) atoms. The molecule has 0 heterocycles. The van der Waals surface area contributed by atoms with Crippen LogP contribution in [-0.4, -0.2) is 17.0 Å². The van der Waals surface area contributed by atoms with Crippen LogP contribution in [0, 0.1) is 12.3 Å². The van der Waals surface area contributed by atoms with E-state index in [4.69, 9.17) is 12.2 Å². The molecule has 0 aliphatic heterocycles. The maximum absolute atomic E-state index is 5.79. The van der Waals surface area contributed by atoms with Crippen molar-refractivity contribution in [3.05, 3.63) is 0 Å². The highest BCUT2D eigenvalue weighted by atomic mass is 32.2. The molecule has 0 aromatic carbocycles. The third kappa shape index (κ3) is 9.87. The van der Waals surface area contributed by atoms with Crippen LogP contribution in [0.3, 0.4) is 0 Å². The molecule has 0 fully saturated rings. The average Bonchev–Trinajstić information content (AvgIpc) is 1.85. The topological polar surface area (TPSA) is 26.0 Å². The quantitative estimate of drug-likeness (QED) is 0.505. The number of hydrogen-bond acceptors (Lipinski definition) is 2. The van der Waals surface area contributed by atoms with Gasteiger partial charge in [-0.05, 0) is 26.0 Å². The zero-order valence-corrected chi connectivity index (χ0v) is 8.21. The minimum Gasteiger partial charge on any atom is -0.325 e. The van der Waals surface area contributed by atoms with Crippen molar-refractivity contribution in [1.29, 1.82) is 0 Å². The molecule has 1 nitrogen and oxygen atoms in total. The van der Waals surface area contributed by atoms with E-state index in [0.717, 1.165) is 24.3 Å². The lowest BCUT2D eigenvalue weighted by atomic mass is 10.1. The number of unbranched alkanes of at least 4 members (excludes halogenated alkanes) is 1. The summed E-state index contributed by atoms with van der Waals surface area (Å²) in [5.74, 6) is 4.76. The standard InChI is InChI=1S/C9H17NS/c1-4-5-6-7-11-8-9(2,3)10/h1H,5-8,10H2,2-3H3. The molecule has 2 heteroatoms. The van der Waals surface area contributed by atoms with Crippen LogP contribution in [0.1, 0.15) is 26.7 Å². The summed E-state index contributed by atoms with van der Waals surface area (Å²) in [6.45, 7) is 4.09. The molecule has 0 bridgehead atoms. The third-order valence-corrected chi connectivity index (χ3v) is 2.61. The van der Waals surface area contributed by atoms with Gasteiger partial charge in [0.15, 0.2) is 0 Å². The normalized spacial score (nSPS) is 11.1. The minimum absolute atomic E-state index is 0.0409. The second-order valence-electron chi connectivity index (χ2n) is 3.35. The first-order valence-electron chi connectivity index (χ1n) is 3.86. The summed E-state index contributed by atoms with van der Waals surface area (Å²) in [7, 11) is 0. The van der Waals surface area contributed by atoms with E-state index in [2.05, 4.69) is 5.92 Å². The molecule has 0 aliphatic carbocycles. The lowest BCUT2D eigenvalue weighted by Gasteiger charge is -2.16. The van der Waals surface area contributed by atoms with Crippen LogP contribution < -0.4 is 5.73 Å². The van der Waals surface area contributed by atoms with Crippen molar-refractivity contribution in [2.75, 3.05) is 11.5 Å². The fourth-order valence-corrected chi connectivity index (χ4v) is 1.63. The summed E-state index contributed by atoms with van der Waals surface area (Å²) in [5.41, 5.74) is 5.75. The lowest BCUT2D eigenvalue weighted by molar-refractivity contribution is 0.591. The number of terminal acetylenes is 1. The summed E-state index contributed by atoms with van der Waals surface area (Å²) < 4.78 is 0. The van der Waals surface area contributed by atoms with Crippen LogP contribution in [0.15, 0.2) is 0 Å². The molecule has 0 radical (unpaired) electrons. The van der Waals surface area contributed by atoms with Gasteiger partial charge in [-0.1, -0.05) is 0 Å². The molecule has 0 amide bonds. The van der Waals surface area contributed by atoms with Gasteiger partial charge in [0.25, 0.3) is 0 Å². The van der Waals surface area contributed by atoms with Crippen molar-refractivity contribution in [2.24, 2.45) is 5.73 Å². The monoisotopic (exact) mass is 171 g/mol. The van der Waals surface area contributed by atoms with Crippen molar-refractivity contribution in [2.45, 2.75) is 32.2 Å². The van der Waals surface area contributed by atoms with Crippen LogP contribution >= 0.6 is 11.8 Å². The Morgan fingerprint density at radius 3 is 2.64 bits per heavy atom. The molecule has 0 saturated carbocycles. The van der Waals surface area contributed by atoms with Crippen LogP contribution in [0.4, 0.5) is 0 Å². The summed E-state index contributed by atoms with van der Waals surface area (Å²) in [4.78, 5) is 0. The lowest BCUT2D eigenvalue weighted by Crippen LogP contribution is -2.34. The van der Waals surface area contributed by atoms with Gasteiger partial charge in [0, 0.05) is 17.7 Å². The predicted octanol–water partition coefficient (Wildman–Crippen LogP) is 1.87. The van der Waals surface area contributed by atoms with Gasteiger partial charge in [-0.3, -0.25) is 0 Å². The molecule has 0 rings (SSSR count). The highest BCUT2D eigenvalue weighted by molar-refractivity contribution is 7.99. The van der Waals surface area contributed by atoms with E-state index in [1.54, 1.807) is 0 Å². The van der Waals surface area contributed by atoms with Gasteiger partial charge < -0.3 is 5.73 Å². The molecular weight excluding hydrogens is 154 g/mol. The van der Waals surface area contributed by atoms with E-state index in [1.807, 2.05) is 25.6 Å². The zero-order chi connectivity index (χ0) is 8.74. The van der Waals surface area contributed by atoms with Gasteiger partial charge in [0.2, 0.25) is 0 Å². The Morgan fingerprint density at radius 2 is 2.18 bits per heavy atom. The van der Waals surface area contributed by atoms with Gasteiger partial charge in [-0.15, -0.1) is 12.3 Å². The van der Waals surface area contributed by atoms with Crippen molar-refractivity contribution in [3.8, 4) is 12.3 Å². The van der Waals surface area contributed by atoms with E-state index in [1.165, 1.54) is 0 Å². The van der Waals surface area contributed by atoms with Crippen molar-refractivity contribution in [1.82, 2.24) is 0 Å². The average molecular weight is 171 g/mol.